The van der Waals surface area contributed by atoms with E-state index in [1.54, 1.807) is 6.07 Å². The van der Waals surface area contributed by atoms with Gasteiger partial charge >= 0.3 is 0 Å². The molecule has 0 spiro atoms. The Kier molecular flexibility index (Phi) is 3.90. The zero-order valence-corrected chi connectivity index (χ0v) is 12.0. The third-order valence-electron chi connectivity index (χ3n) is 2.49. The Labute approximate surface area is 119 Å². The highest BCUT2D eigenvalue weighted by molar-refractivity contribution is 9.10. The van der Waals surface area contributed by atoms with Gasteiger partial charge in [-0.2, -0.15) is 5.26 Å². The van der Waals surface area contributed by atoms with Crippen LogP contribution in [-0.2, 0) is 0 Å². The van der Waals surface area contributed by atoms with Crippen LogP contribution in [0.5, 0.6) is 0 Å². The van der Waals surface area contributed by atoms with Gasteiger partial charge in [-0.1, -0.05) is 17.7 Å². The van der Waals surface area contributed by atoms with Crippen LogP contribution in [0.3, 0.4) is 0 Å². The van der Waals surface area contributed by atoms with E-state index in [1.807, 2.05) is 37.3 Å². The zero-order valence-electron chi connectivity index (χ0n) is 9.67. The van der Waals surface area contributed by atoms with Gasteiger partial charge in [-0.05, 0) is 58.7 Å². The van der Waals surface area contributed by atoms with Gasteiger partial charge in [0.1, 0.15) is 6.07 Å². The van der Waals surface area contributed by atoms with Crippen molar-refractivity contribution < 1.29 is 0 Å². The molecule has 0 saturated carbocycles. The maximum atomic E-state index is 9.12. The van der Waals surface area contributed by atoms with Crippen LogP contribution in [0.1, 0.15) is 11.1 Å². The first-order valence-electron chi connectivity index (χ1n) is 5.33. The van der Waals surface area contributed by atoms with Gasteiger partial charge in [-0.25, -0.2) is 0 Å². The second-order valence-electron chi connectivity index (χ2n) is 3.91. The predicted octanol–water partition coefficient (Wildman–Crippen LogP) is 5.03. The molecule has 2 rings (SSSR count). The molecule has 0 amide bonds. The summed E-state index contributed by atoms with van der Waals surface area (Å²) in [6.07, 6.45) is 0. The number of halogens is 2. The molecule has 4 heteroatoms. The average molecular weight is 322 g/mol. The number of nitrogens with zero attached hydrogens (tertiary/aromatic N) is 1. The number of nitriles is 1. The molecule has 0 aliphatic rings. The number of hydrogen-bond donors (Lipinski definition) is 1. The normalized spacial score (nSPS) is 9.89. The molecule has 2 aromatic rings. The van der Waals surface area contributed by atoms with Gasteiger partial charge < -0.3 is 5.32 Å². The Morgan fingerprint density at radius 1 is 1.17 bits per heavy atom. The van der Waals surface area contributed by atoms with Gasteiger partial charge in [0, 0.05) is 9.50 Å². The van der Waals surface area contributed by atoms with Crippen LogP contribution >= 0.6 is 27.5 Å². The van der Waals surface area contributed by atoms with E-state index in [9.17, 15) is 0 Å². The predicted molar refractivity (Wildman–Crippen MR) is 78.3 cm³/mol. The Hall–Kier alpha value is -1.50. The number of benzene rings is 2. The van der Waals surface area contributed by atoms with Gasteiger partial charge in [0.2, 0.25) is 0 Å². The smallest absolute Gasteiger partial charge is 0.101 e. The Bertz CT molecular complexity index is 632. The second kappa shape index (κ2) is 5.43. The molecule has 2 aromatic carbocycles. The van der Waals surface area contributed by atoms with E-state index in [1.165, 1.54) is 0 Å². The molecule has 0 bridgehead atoms. The van der Waals surface area contributed by atoms with E-state index in [2.05, 4.69) is 27.3 Å². The van der Waals surface area contributed by atoms with Crippen LogP contribution in [0.15, 0.2) is 40.9 Å². The second-order valence-corrected chi connectivity index (χ2v) is 5.20. The Balaban J connectivity index is 2.40. The van der Waals surface area contributed by atoms with Gasteiger partial charge in [-0.3, -0.25) is 0 Å². The highest BCUT2D eigenvalue weighted by Crippen LogP contribution is 2.30. The van der Waals surface area contributed by atoms with Gasteiger partial charge in [0.15, 0.2) is 0 Å². The summed E-state index contributed by atoms with van der Waals surface area (Å²) < 4.78 is 0.899. The molecule has 0 radical (unpaired) electrons. The summed E-state index contributed by atoms with van der Waals surface area (Å²) in [5.74, 6) is 0. The number of rotatable bonds is 2. The molecular weight excluding hydrogens is 312 g/mol. The average Bonchev–Trinajstić information content (AvgIpc) is 2.36. The number of nitrogens with one attached hydrogen (secondary N) is 1. The summed E-state index contributed by atoms with van der Waals surface area (Å²) >= 11 is 9.40. The van der Waals surface area contributed by atoms with Crippen molar-refractivity contribution in [1.82, 2.24) is 0 Å². The highest BCUT2D eigenvalue weighted by Gasteiger charge is 2.05. The van der Waals surface area contributed by atoms with E-state index < -0.39 is 0 Å². The third-order valence-corrected chi connectivity index (χ3v) is 3.42. The van der Waals surface area contributed by atoms with Crippen LogP contribution < -0.4 is 5.32 Å². The van der Waals surface area contributed by atoms with Crippen LogP contribution in [0.25, 0.3) is 0 Å². The number of anilines is 2. The molecule has 0 aliphatic carbocycles. The van der Waals surface area contributed by atoms with Gasteiger partial charge in [0.05, 0.1) is 16.9 Å². The lowest BCUT2D eigenvalue weighted by atomic mass is 10.1. The Morgan fingerprint density at radius 3 is 2.67 bits per heavy atom. The van der Waals surface area contributed by atoms with Crippen molar-refractivity contribution in [2.24, 2.45) is 0 Å². The minimum atomic E-state index is 0.613. The summed E-state index contributed by atoms with van der Waals surface area (Å²) in [5, 5.41) is 13.0. The summed E-state index contributed by atoms with van der Waals surface area (Å²) in [7, 11) is 0. The topological polar surface area (TPSA) is 35.8 Å². The first kappa shape index (κ1) is 12.9. The van der Waals surface area contributed by atoms with Crippen molar-refractivity contribution in [3.63, 3.8) is 0 Å². The highest BCUT2D eigenvalue weighted by atomic mass is 79.9. The third kappa shape index (κ3) is 2.84. The fourth-order valence-corrected chi connectivity index (χ4v) is 2.12. The molecule has 0 unspecified atom stereocenters. The molecule has 2 nitrogen and oxygen atoms in total. The monoisotopic (exact) mass is 320 g/mol. The lowest BCUT2D eigenvalue weighted by Gasteiger charge is -2.11. The summed E-state index contributed by atoms with van der Waals surface area (Å²) in [4.78, 5) is 0. The number of aryl methyl sites for hydroxylation is 1. The molecule has 1 N–H and O–H groups in total. The SMILES string of the molecule is Cc1ccc(Nc2cc(Cl)ccc2Br)c(C#N)c1. The molecule has 0 saturated heterocycles. The summed E-state index contributed by atoms with van der Waals surface area (Å²) in [6, 6.07) is 13.4. The first-order valence-corrected chi connectivity index (χ1v) is 6.50. The minimum Gasteiger partial charge on any atom is -0.353 e. The zero-order chi connectivity index (χ0) is 13.1. The molecule has 0 atom stereocenters. The maximum Gasteiger partial charge on any atom is 0.101 e. The Morgan fingerprint density at radius 2 is 1.94 bits per heavy atom. The molecule has 0 fully saturated rings. The van der Waals surface area contributed by atoms with Crippen LogP contribution in [-0.4, -0.2) is 0 Å². The standard InChI is InChI=1S/C14H10BrClN2/c1-9-2-5-13(10(6-9)8-17)18-14-7-11(16)3-4-12(14)15/h2-7,18H,1H3. The van der Waals surface area contributed by atoms with Gasteiger partial charge in [0.25, 0.3) is 0 Å². The lowest BCUT2D eigenvalue weighted by molar-refractivity contribution is 1.40. The molecule has 0 heterocycles. The van der Waals surface area contributed by atoms with Crippen molar-refractivity contribution in [3.05, 3.63) is 57.0 Å². The van der Waals surface area contributed by atoms with E-state index >= 15 is 0 Å². The quantitative estimate of drug-likeness (QED) is 0.842. The van der Waals surface area contributed by atoms with Crippen molar-refractivity contribution in [3.8, 4) is 6.07 Å². The largest absolute Gasteiger partial charge is 0.353 e. The molecule has 18 heavy (non-hydrogen) atoms. The molecule has 0 aromatic heterocycles. The fourth-order valence-electron chi connectivity index (χ4n) is 1.60. The van der Waals surface area contributed by atoms with E-state index in [4.69, 9.17) is 16.9 Å². The van der Waals surface area contributed by atoms with E-state index in [-0.39, 0.29) is 0 Å². The summed E-state index contributed by atoms with van der Waals surface area (Å²) in [6.45, 7) is 1.96. The molecule has 90 valence electrons. The minimum absolute atomic E-state index is 0.613. The summed E-state index contributed by atoms with van der Waals surface area (Å²) in [5.41, 5.74) is 3.28. The van der Waals surface area contributed by atoms with Crippen molar-refractivity contribution >= 4 is 38.9 Å². The number of hydrogen-bond acceptors (Lipinski definition) is 2. The van der Waals surface area contributed by atoms with E-state index in [0.29, 0.717) is 10.6 Å². The molecular formula is C14H10BrClN2. The van der Waals surface area contributed by atoms with Crippen LogP contribution in [0, 0.1) is 18.3 Å². The van der Waals surface area contributed by atoms with Crippen LogP contribution in [0.4, 0.5) is 11.4 Å². The van der Waals surface area contributed by atoms with E-state index in [0.717, 1.165) is 21.4 Å². The first-order chi connectivity index (χ1) is 8.60. The van der Waals surface area contributed by atoms with Crippen LogP contribution in [0.2, 0.25) is 5.02 Å². The maximum absolute atomic E-state index is 9.12. The van der Waals surface area contributed by atoms with Crippen molar-refractivity contribution in [2.75, 3.05) is 5.32 Å². The molecule has 0 aliphatic heterocycles. The lowest BCUT2D eigenvalue weighted by Crippen LogP contribution is -1.95. The van der Waals surface area contributed by atoms with Crippen molar-refractivity contribution in [2.45, 2.75) is 6.92 Å². The van der Waals surface area contributed by atoms with Gasteiger partial charge in [-0.15, -0.1) is 0 Å². The van der Waals surface area contributed by atoms with Crippen molar-refractivity contribution in [1.29, 1.82) is 5.26 Å². The fraction of sp³-hybridized carbons (Fsp3) is 0.0714.